The number of aromatic nitrogens is 5. The van der Waals surface area contributed by atoms with Gasteiger partial charge >= 0.3 is 0 Å². The Morgan fingerprint density at radius 2 is 2.14 bits per heavy atom. The van der Waals surface area contributed by atoms with Crippen molar-refractivity contribution >= 4 is 17.1 Å². The Balaban J connectivity index is 1.73. The molecule has 0 spiro atoms. The second kappa shape index (κ2) is 5.63. The van der Waals surface area contributed by atoms with E-state index in [4.69, 9.17) is 0 Å². The van der Waals surface area contributed by atoms with E-state index in [2.05, 4.69) is 20.6 Å². The van der Waals surface area contributed by atoms with Crippen LogP contribution in [0.5, 0.6) is 0 Å². The average Bonchev–Trinajstić information content (AvgIpc) is 2.85. The molecule has 1 fully saturated rings. The minimum absolute atomic E-state index is 0.0329. The fraction of sp³-hybridized carbons (Fsp3) is 0.615. The molecule has 0 aromatic carbocycles. The van der Waals surface area contributed by atoms with Crippen molar-refractivity contribution in [3.63, 3.8) is 0 Å². The van der Waals surface area contributed by atoms with Gasteiger partial charge in [0.25, 0.3) is 5.56 Å². The highest BCUT2D eigenvalue weighted by molar-refractivity contribution is 5.76. The van der Waals surface area contributed by atoms with Crippen LogP contribution in [-0.4, -0.2) is 36.5 Å². The summed E-state index contributed by atoms with van der Waals surface area (Å²) in [7, 11) is 1.67. The molecule has 2 aromatic rings. The number of fused-ring (bicyclic) bond motifs is 1. The summed E-state index contributed by atoms with van der Waals surface area (Å²) < 4.78 is 2.71. The van der Waals surface area contributed by atoms with Crippen molar-refractivity contribution in [1.29, 1.82) is 0 Å². The first-order chi connectivity index (χ1) is 10.1. The quantitative estimate of drug-likeness (QED) is 0.857. The molecule has 1 saturated carbocycles. The standard InChI is InChI=1S/C13H18N6O2/c1-18-12-11(16-17-18)13(21)19(8-14-12)7-10(20)15-9-5-3-2-4-6-9/h8-9H,2-7H2,1H3,(H,15,20). The van der Waals surface area contributed by atoms with Gasteiger partial charge in [0.1, 0.15) is 12.9 Å². The molecule has 2 heterocycles. The molecular formula is C13H18N6O2. The number of rotatable bonds is 3. The third-order valence-electron chi connectivity index (χ3n) is 3.86. The zero-order valence-corrected chi connectivity index (χ0v) is 11.9. The van der Waals surface area contributed by atoms with Gasteiger partial charge in [-0.05, 0) is 12.8 Å². The van der Waals surface area contributed by atoms with Gasteiger partial charge in [0, 0.05) is 13.1 Å². The molecule has 0 atom stereocenters. The summed E-state index contributed by atoms with van der Waals surface area (Å²) in [6.07, 6.45) is 6.94. The molecule has 0 radical (unpaired) electrons. The Morgan fingerprint density at radius 1 is 1.38 bits per heavy atom. The SMILES string of the molecule is Cn1nnc2c(=O)n(CC(=O)NC3CCCCC3)cnc21. The van der Waals surface area contributed by atoms with Crippen LogP contribution >= 0.6 is 0 Å². The molecule has 21 heavy (non-hydrogen) atoms. The van der Waals surface area contributed by atoms with E-state index in [1.165, 1.54) is 22.0 Å². The monoisotopic (exact) mass is 290 g/mol. The Hall–Kier alpha value is -2.25. The lowest BCUT2D eigenvalue weighted by Gasteiger charge is -2.22. The van der Waals surface area contributed by atoms with E-state index in [1.807, 2.05) is 0 Å². The van der Waals surface area contributed by atoms with Gasteiger partial charge in [-0.1, -0.05) is 24.5 Å². The predicted octanol–water partition coefficient (Wildman–Crippen LogP) is -0.0261. The normalized spacial score (nSPS) is 16.2. The largest absolute Gasteiger partial charge is 0.352 e. The average molecular weight is 290 g/mol. The van der Waals surface area contributed by atoms with Crippen LogP contribution < -0.4 is 10.9 Å². The first-order valence-corrected chi connectivity index (χ1v) is 7.19. The summed E-state index contributed by atoms with van der Waals surface area (Å²) in [5.74, 6) is -0.158. The van der Waals surface area contributed by atoms with Crippen LogP contribution in [0.25, 0.3) is 11.2 Å². The number of hydrogen-bond donors (Lipinski definition) is 1. The highest BCUT2D eigenvalue weighted by atomic mass is 16.2. The van der Waals surface area contributed by atoms with Gasteiger partial charge in [-0.3, -0.25) is 14.2 Å². The zero-order chi connectivity index (χ0) is 14.8. The summed E-state index contributed by atoms with van der Waals surface area (Å²) in [4.78, 5) is 28.4. The highest BCUT2D eigenvalue weighted by Crippen LogP contribution is 2.17. The second-order valence-corrected chi connectivity index (χ2v) is 5.47. The minimum atomic E-state index is -0.341. The van der Waals surface area contributed by atoms with Crippen molar-refractivity contribution in [2.24, 2.45) is 7.05 Å². The molecule has 0 aliphatic heterocycles. The maximum absolute atomic E-state index is 12.2. The van der Waals surface area contributed by atoms with Gasteiger partial charge in [0.2, 0.25) is 5.91 Å². The van der Waals surface area contributed by atoms with E-state index in [1.54, 1.807) is 7.05 Å². The number of nitrogens with zero attached hydrogens (tertiary/aromatic N) is 5. The molecule has 0 unspecified atom stereocenters. The number of nitrogens with one attached hydrogen (secondary N) is 1. The van der Waals surface area contributed by atoms with E-state index in [9.17, 15) is 9.59 Å². The van der Waals surface area contributed by atoms with Crippen LogP contribution in [0.3, 0.4) is 0 Å². The Bertz CT molecular complexity index is 713. The molecule has 1 aliphatic carbocycles. The molecule has 1 N–H and O–H groups in total. The number of carbonyl (C=O) groups excluding carboxylic acids is 1. The zero-order valence-electron chi connectivity index (χ0n) is 11.9. The Kier molecular flexibility index (Phi) is 3.68. The van der Waals surface area contributed by atoms with Gasteiger partial charge < -0.3 is 5.32 Å². The van der Waals surface area contributed by atoms with Crippen molar-refractivity contribution in [3.8, 4) is 0 Å². The van der Waals surface area contributed by atoms with E-state index in [-0.39, 0.29) is 29.6 Å². The molecule has 3 rings (SSSR count). The lowest BCUT2D eigenvalue weighted by atomic mass is 9.95. The van der Waals surface area contributed by atoms with Gasteiger partial charge in [0.15, 0.2) is 11.2 Å². The summed E-state index contributed by atoms with van der Waals surface area (Å²) in [5, 5.41) is 10.5. The van der Waals surface area contributed by atoms with Crippen molar-refractivity contribution in [3.05, 3.63) is 16.7 Å². The molecule has 2 aromatic heterocycles. The van der Waals surface area contributed by atoms with Crippen molar-refractivity contribution in [1.82, 2.24) is 29.9 Å². The maximum Gasteiger partial charge on any atom is 0.283 e. The molecule has 112 valence electrons. The third kappa shape index (κ3) is 2.79. The first-order valence-electron chi connectivity index (χ1n) is 7.19. The van der Waals surface area contributed by atoms with E-state index < -0.39 is 0 Å². The number of hydrogen-bond acceptors (Lipinski definition) is 5. The van der Waals surface area contributed by atoms with Crippen LogP contribution in [0, 0.1) is 0 Å². The second-order valence-electron chi connectivity index (χ2n) is 5.47. The number of aryl methyl sites for hydroxylation is 1. The molecule has 1 aliphatic rings. The summed E-state index contributed by atoms with van der Waals surface area (Å²) >= 11 is 0. The van der Waals surface area contributed by atoms with Crippen LogP contribution in [0.2, 0.25) is 0 Å². The summed E-state index contributed by atoms with van der Waals surface area (Å²) in [5.41, 5.74) is 0.265. The summed E-state index contributed by atoms with van der Waals surface area (Å²) in [6.45, 7) is -0.0329. The predicted molar refractivity (Wildman–Crippen MR) is 75.6 cm³/mol. The van der Waals surface area contributed by atoms with Crippen LogP contribution in [0.4, 0.5) is 0 Å². The Morgan fingerprint density at radius 3 is 2.90 bits per heavy atom. The molecule has 0 saturated heterocycles. The minimum Gasteiger partial charge on any atom is -0.352 e. The summed E-state index contributed by atoms with van der Waals surface area (Å²) in [6, 6.07) is 0.232. The van der Waals surface area contributed by atoms with Crippen LogP contribution in [0.15, 0.2) is 11.1 Å². The lowest BCUT2D eigenvalue weighted by Crippen LogP contribution is -2.39. The number of carbonyl (C=O) groups is 1. The third-order valence-corrected chi connectivity index (χ3v) is 3.86. The highest BCUT2D eigenvalue weighted by Gasteiger charge is 2.17. The smallest absolute Gasteiger partial charge is 0.283 e. The van der Waals surface area contributed by atoms with Gasteiger partial charge in [0.05, 0.1) is 0 Å². The fourth-order valence-electron chi connectivity index (χ4n) is 2.74. The van der Waals surface area contributed by atoms with Crippen LogP contribution in [-0.2, 0) is 18.4 Å². The molecule has 8 nitrogen and oxygen atoms in total. The van der Waals surface area contributed by atoms with Crippen molar-refractivity contribution in [2.45, 2.75) is 44.7 Å². The van der Waals surface area contributed by atoms with Gasteiger partial charge in [-0.25, -0.2) is 9.67 Å². The van der Waals surface area contributed by atoms with Crippen molar-refractivity contribution in [2.75, 3.05) is 0 Å². The van der Waals surface area contributed by atoms with E-state index >= 15 is 0 Å². The van der Waals surface area contributed by atoms with E-state index in [0.717, 1.165) is 25.7 Å². The van der Waals surface area contributed by atoms with Crippen molar-refractivity contribution < 1.29 is 4.79 Å². The molecule has 0 bridgehead atoms. The fourth-order valence-corrected chi connectivity index (χ4v) is 2.74. The number of amides is 1. The van der Waals surface area contributed by atoms with Gasteiger partial charge in [-0.2, -0.15) is 0 Å². The molecule has 8 heteroatoms. The van der Waals surface area contributed by atoms with Crippen LogP contribution in [0.1, 0.15) is 32.1 Å². The Labute approximate surface area is 121 Å². The molecular weight excluding hydrogens is 272 g/mol. The first kappa shape index (κ1) is 13.7. The lowest BCUT2D eigenvalue weighted by molar-refractivity contribution is -0.122. The topological polar surface area (TPSA) is 94.7 Å². The van der Waals surface area contributed by atoms with Gasteiger partial charge in [-0.15, -0.1) is 5.10 Å². The van der Waals surface area contributed by atoms with E-state index in [0.29, 0.717) is 5.65 Å². The molecule has 1 amide bonds. The maximum atomic E-state index is 12.2.